The van der Waals surface area contributed by atoms with Crippen LogP contribution in [0.1, 0.15) is 34.4 Å². The van der Waals surface area contributed by atoms with Gasteiger partial charge < -0.3 is 9.30 Å². The van der Waals surface area contributed by atoms with E-state index in [1.54, 1.807) is 0 Å². The molecule has 0 saturated heterocycles. The van der Waals surface area contributed by atoms with Crippen molar-refractivity contribution in [1.82, 2.24) is 4.57 Å². The Morgan fingerprint density at radius 1 is 1.25 bits per heavy atom. The van der Waals surface area contributed by atoms with Gasteiger partial charge in [0.2, 0.25) is 5.90 Å². The molecule has 1 aromatic heterocycles. The summed E-state index contributed by atoms with van der Waals surface area (Å²) >= 11 is 1.87. The van der Waals surface area contributed by atoms with Crippen LogP contribution in [0, 0.1) is 20.8 Å². The van der Waals surface area contributed by atoms with Crippen LogP contribution in [0.25, 0.3) is 0 Å². The molecule has 24 heavy (non-hydrogen) atoms. The normalized spacial score (nSPS) is 17.0. The standard InChI is InChI=1S/C20H26N2OS/c1-14-10-15(2)18(16(3)11-14)12-22-8-5-6-19(22)20-21-17(13-23-20)7-9-24-4/h5-6,8,10-11,17H,7,9,12-13H2,1-4H3. The number of thioether (sulfide) groups is 1. The van der Waals surface area contributed by atoms with E-state index in [4.69, 9.17) is 9.73 Å². The Bertz CT molecular complexity index is 725. The predicted molar refractivity (Wildman–Crippen MR) is 103 cm³/mol. The van der Waals surface area contributed by atoms with Gasteiger partial charge in [0.05, 0.1) is 6.04 Å². The van der Waals surface area contributed by atoms with Gasteiger partial charge in [-0.2, -0.15) is 11.8 Å². The summed E-state index contributed by atoms with van der Waals surface area (Å²) in [5.41, 5.74) is 6.48. The molecule has 0 fully saturated rings. The second-order valence-electron chi connectivity index (χ2n) is 6.58. The lowest BCUT2D eigenvalue weighted by atomic mass is 10.00. The van der Waals surface area contributed by atoms with E-state index in [0.29, 0.717) is 12.6 Å². The van der Waals surface area contributed by atoms with E-state index in [-0.39, 0.29) is 0 Å². The Hall–Kier alpha value is -1.68. The molecule has 3 rings (SSSR count). The van der Waals surface area contributed by atoms with Crippen molar-refractivity contribution < 1.29 is 4.74 Å². The number of benzene rings is 1. The number of aryl methyl sites for hydroxylation is 3. The molecule has 0 radical (unpaired) electrons. The van der Waals surface area contributed by atoms with Crippen LogP contribution < -0.4 is 0 Å². The molecule has 3 nitrogen and oxygen atoms in total. The highest BCUT2D eigenvalue weighted by Crippen LogP contribution is 2.21. The Morgan fingerprint density at radius 3 is 2.71 bits per heavy atom. The van der Waals surface area contributed by atoms with Gasteiger partial charge in [0.15, 0.2) is 0 Å². The van der Waals surface area contributed by atoms with Crippen LogP contribution in [0.4, 0.5) is 0 Å². The SMILES string of the molecule is CSCCC1COC(c2cccn2Cc2c(C)cc(C)cc2C)=N1. The summed E-state index contributed by atoms with van der Waals surface area (Å²) in [6.07, 6.45) is 5.34. The summed E-state index contributed by atoms with van der Waals surface area (Å²) in [5, 5.41) is 0. The molecule has 2 aromatic rings. The van der Waals surface area contributed by atoms with Crippen LogP contribution in [0.15, 0.2) is 35.5 Å². The molecule has 0 bridgehead atoms. The van der Waals surface area contributed by atoms with Crippen LogP contribution in [0.3, 0.4) is 0 Å². The first-order valence-electron chi connectivity index (χ1n) is 8.50. The van der Waals surface area contributed by atoms with Crippen molar-refractivity contribution in [1.29, 1.82) is 0 Å². The number of aromatic nitrogens is 1. The minimum Gasteiger partial charge on any atom is -0.474 e. The minimum absolute atomic E-state index is 0.304. The molecule has 1 aromatic carbocycles. The molecule has 1 aliphatic heterocycles. The molecule has 0 saturated carbocycles. The van der Waals surface area contributed by atoms with E-state index in [1.165, 1.54) is 22.3 Å². The lowest BCUT2D eigenvalue weighted by Crippen LogP contribution is -2.12. The zero-order chi connectivity index (χ0) is 17.1. The van der Waals surface area contributed by atoms with Gasteiger partial charge in [-0.05, 0) is 68.0 Å². The average Bonchev–Trinajstić information content (AvgIpc) is 3.17. The van der Waals surface area contributed by atoms with Gasteiger partial charge in [-0.25, -0.2) is 4.99 Å². The van der Waals surface area contributed by atoms with Crippen molar-refractivity contribution in [3.05, 3.63) is 58.4 Å². The van der Waals surface area contributed by atoms with Crippen LogP contribution in [-0.2, 0) is 11.3 Å². The van der Waals surface area contributed by atoms with Gasteiger partial charge in [0, 0.05) is 12.7 Å². The van der Waals surface area contributed by atoms with Crippen LogP contribution in [0.2, 0.25) is 0 Å². The number of ether oxygens (including phenoxy) is 1. The first kappa shape index (κ1) is 17.2. The highest BCUT2D eigenvalue weighted by atomic mass is 32.2. The molecule has 0 N–H and O–H groups in total. The van der Waals surface area contributed by atoms with E-state index in [1.807, 2.05) is 11.8 Å². The quantitative estimate of drug-likeness (QED) is 0.780. The fraction of sp³-hybridized carbons (Fsp3) is 0.450. The monoisotopic (exact) mass is 342 g/mol. The summed E-state index contributed by atoms with van der Waals surface area (Å²) in [7, 11) is 0. The van der Waals surface area contributed by atoms with Crippen LogP contribution in [0.5, 0.6) is 0 Å². The molecule has 1 aliphatic rings. The number of hydrogen-bond donors (Lipinski definition) is 0. The number of aliphatic imine (C=N–C) groups is 1. The molecular formula is C20H26N2OS. The molecule has 0 aliphatic carbocycles. The zero-order valence-electron chi connectivity index (χ0n) is 15.0. The molecule has 0 spiro atoms. The van der Waals surface area contributed by atoms with E-state index in [0.717, 1.165) is 30.3 Å². The van der Waals surface area contributed by atoms with Gasteiger partial charge in [-0.15, -0.1) is 0 Å². The van der Waals surface area contributed by atoms with Crippen LogP contribution >= 0.6 is 11.8 Å². The molecule has 4 heteroatoms. The molecule has 0 amide bonds. The maximum Gasteiger partial charge on any atom is 0.233 e. The Morgan fingerprint density at radius 2 is 2.00 bits per heavy atom. The second kappa shape index (κ2) is 7.47. The fourth-order valence-corrected chi connectivity index (χ4v) is 3.84. The summed E-state index contributed by atoms with van der Waals surface area (Å²) < 4.78 is 8.14. The maximum atomic E-state index is 5.88. The lowest BCUT2D eigenvalue weighted by molar-refractivity contribution is 0.314. The Kier molecular flexibility index (Phi) is 5.34. The summed E-state index contributed by atoms with van der Waals surface area (Å²) in [5.74, 6) is 1.93. The Balaban J connectivity index is 1.82. The van der Waals surface area contributed by atoms with Crippen molar-refractivity contribution in [3.8, 4) is 0 Å². The second-order valence-corrected chi connectivity index (χ2v) is 7.56. The lowest BCUT2D eigenvalue weighted by Gasteiger charge is -2.14. The summed E-state index contributed by atoms with van der Waals surface area (Å²) in [6.45, 7) is 8.11. The number of nitrogens with zero attached hydrogens (tertiary/aromatic N) is 2. The van der Waals surface area contributed by atoms with E-state index in [2.05, 4.69) is 62.1 Å². The van der Waals surface area contributed by atoms with Crippen LogP contribution in [-0.4, -0.2) is 35.1 Å². The summed E-state index contributed by atoms with van der Waals surface area (Å²) in [6, 6.07) is 9.00. The van der Waals surface area contributed by atoms with Crippen molar-refractivity contribution in [2.45, 2.75) is 39.8 Å². The Labute approximate surface area is 149 Å². The average molecular weight is 343 g/mol. The van der Waals surface area contributed by atoms with Crippen molar-refractivity contribution in [2.24, 2.45) is 4.99 Å². The first-order valence-corrected chi connectivity index (χ1v) is 9.89. The van der Waals surface area contributed by atoms with Gasteiger partial charge in [0.25, 0.3) is 0 Å². The fourth-order valence-electron chi connectivity index (χ4n) is 3.33. The largest absolute Gasteiger partial charge is 0.474 e. The molecular weight excluding hydrogens is 316 g/mol. The third kappa shape index (κ3) is 3.69. The van der Waals surface area contributed by atoms with Gasteiger partial charge in [-0.1, -0.05) is 17.7 Å². The van der Waals surface area contributed by atoms with E-state index in [9.17, 15) is 0 Å². The van der Waals surface area contributed by atoms with Gasteiger partial charge >= 0.3 is 0 Å². The maximum absolute atomic E-state index is 5.88. The highest BCUT2D eigenvalue weighted by Gasteiger charge is 2.22. The van der Waals surface area contributed by atoms with Crippen molar-refractivity contribution in [2.75, 3.05) is 18.6 Å². The van der Waals surface area contributed by atoms with Gasteiger partial charge in [0.1, 0.15) is 12.3 Å². The number of hydrogen-bond acceptors (Lipinski definition) is 3. The predicted octanol–water partition coefficient (Wildman–Crippen LogP) is 4.36. The van der Waals surface area contributed by atoms with Crippen molar-refractivity contribution in [3.63, 3.8) is 0 Å². The number of rotatable bonds is 6. The van der Waals surface area contributed by atoms with Gasteiger partial charge in [-0.3, -0.25) is 0 Å². The first-order chi connectivity index (χ1) is 11.6. The van der Waals surface area contributed by atoms with Crippen molar-refractivity contribution >= 4 is 17.7 Å². The molecule has 128 valence electrons. The topological polar surface area (TPSA) is 26.5 Å². The third-order valence-electron chi connectivity index (χ3n) is 4.58. The zero-order valence-corrected chi connectivity index (χ0v) is 15.8. The van der Waals surface area contributed by atoms with E-state index >= 15 is 0 Å². The molecule has 1 unspecified atom stereocenters. The third-order valence-corrected chi connectivity index (χ3v) is 5.23. The smallest absolute Gasteiger partial charge is 0.233 e. The minimum atomic E-state index is 0.304. The highest BCUT2D eigenvalue weighted by molar-refractivity contribution is 7.98. The summed E-state index contributed by atoms with van der Waals surface area (Å²) in [4.78, 5) is 4.79. The van der Waals surface area contributed by atoms with E-state index < -0.39 is 0 Å². The molecule has 2 heterocycles. The molecule has 1 atom stereocenters.